The Kier molecular flexibility index (Phi) is 6.49. The molecule has 2 amide bonds. The van der Waals surface area contributed by atoms with E-state index in [1.165, 1.54) is 0 Å². The molecule has 0 aliphatic carbocycles. The van der Waals surface area contributed by atoms with E-state index < -0.39 is 5.91 Å². The molecule has 0 rings (SSSR count). The zero-order valence-electron chi connectivity index (χ0n) is 7.73. The molecule has 0 saturated carbocycles. The van der Waals surface area contributed by atoms with Crippen molar-refractivity contribution >= 4 is 27.7 Å². The number of halogens is 1. The van der Waals surface area contributed by atoms with E-state index in [4.69, 9.17) is 0 Å². The Morgan fingerprint density at radius 1 is 1.38 bits per heavy atom. The topological polar surface area (TPSA) is 46.2 Å². The molecule has 0 bridgehead atoms. The molecule has 0 fully saturated rings. The summed E-state index contributed by atoms with van der Waals surface area (Å²) in [5.41, 5.74) is 0. The first-order chi connectivity index (χ1) is 6.07. The molecule has 0 atom stereocenters. The number of rotatable bonds is 5. The van der Waals surface area contributed by atoms with Gasteiger partial charge in [-0.1, -0.05) is 26.3 Å². The van der Waals surface area contributed by atoms with Gasteiger partial charge in [-0.2, -0.15) is 0 Å². The van der Waals surface area contributed by atoms with Crippen LogP contribution in [0, 0.1) is 0 Å². The Morgan fingerprint density at radius 3 is 2.46 bits per heavy atom. The van der Waals surface area contributed by atoms with Crippen LogP contribution in [0.3, 0.4) is 0 Å². The molecule has 0 saturated heterocycles. The molecule has 0 heterocycles. The highest BCUT2D eigenvalue weighted by Crippen LogP contribution is 2.01. The van der Waals surface area contributed by atoms with Crippen LogP contribution in [-0.2, 0) is 9.59 Å². The summed E-state index contributed by atoms with van der Waals surface area (Å²) < 4.78 is 0.177. The summed E-state index contributed by atoms with van der Waals surface area (Å²) in [7, 11) is 0. The van der Waals surface area contributed by atoms with Crippen molar-refractivity contribution in [1.29, 1.82) is 0 Å². The van der Waals surface area contributed by atoms with E-state index in [1.54, 1.807) is 0 Å². The summed E-state index contributed by atoms with van der Waals surface area (Å²) in [6, 6.07) is 0. The minimum absolute atomic E-state index is 0.177. The van der Waals surface area contributed by atoms with Gasteiger partial charge in [0, 0.05) is 6.42 Å². The van der Waals surface area contributed by atoms with Crippen LogP contribution in [0.5, 0.6) is 0 Å². The fourth-order valence-corrected chi connectivity index (χ4v) is 0.892. The quantitative estimate of drug-likeness (QED) is 0.598. The summed E-state index contributed by atoms with van der Waals surface area (Å²) in [5.74, 6) is -0.694. The Morgan fingerprint density at radius 2 is 2.00 bits per heavy atom. The van der Waals surface area contributed by atoms with Crippen molar-refractivity contribution < 1.29 is 9.59 Å². The van der Waals surface area contributed by atoms with Crippen molar-refractivity contribution in [3.05, 3.63) is 11.1 Å². The van der Waals surface area contributed by atoms with Crippen LogP contribution in [0.25, 0.3) is 0 Å². The van der Waals surface area contributed by atoms with E-state index in [0.717, 1.165) is 19.3 Å². The van der Waals surface area contributed by atoms with Crippen molar-refractivity contribution in [1.82, 2.24) is 5.32 Å². The monoisotopic (exact) mass is 247 g/mol. The van der Waals surface area contributed by atoms with Gasteiger partial charge in [0.25, 0.3) is 5.91 Å². The second kappa shape index (κ2) is 6.83. The van der Waals surface area contributed by atoms with Crippen LogP contribution in [0.4, 0.5) is 0 Å². The molecular formula is C9H14BrNO2. The van der Waals surface area contributed by atoms with Crippen LogP contribution in [-0.4, -0.2) is 11.8 Å². The Bertz CT molecular complexity index is 214. The second-order valence-electron chi connectivity index (χ2n) is 2.74. The molecule has 1 N–H and O–H groups in total. The summed E-state index contributed by atoms with van der Waals surface area (Å²) >= 11 is 2.89. The number of nitrogens with one attached hydrogen (secondary N) is 1. The molecule has 74 valence electrons. The van der Waals surface area contributed by atoms with E-state index in [1.807, 2.05) is 0 Å². The van der Waals surface area contributed by atoms with Gasteiger partial charge in [0.05, 0.1) is 4.48 Å². The van der Waals surface area contributed by atoms with E-state index in [0.29, 0.717) is 6.42 Å². The first kappa shape index (κ1) is 12.4. The number of imide groups is 1. The lowest BCUT2D eigenvalue weighted by Gasteiger charge is -2.01. The van der Waals surface area contributed by atoms with E-state index in [-0.39, 0.29) is 10.4 Å². The average Bonchev–Trinajstić information content (AvgIpc) is 2.04. The maximum Gasteiger partial charge on any atom is 0.264 e. The van der Waals surface area contributed by atoms with E-state index in [2.05, 4.69) is 34.7 Å². The van der Waals surface area contributed by atoms with Crippen LogP contribution in [0.2, 0.25) is 0 Å². The zero-order valence-corrected chi connectivity index (χ0v) is 9.32. The van der Waals surface area contributed by atoms with Gasteiger partial charge in [-0.15, -0.1) is 0 Å². The van der Waals surface area contributed by atoms with Crippen LogP contribution < -0.4 is 5.32 Å². The van der Waals surface area contributed by atoms with Crippen LogP contribution in [0.15, 0.2) is 11.1 Å². The Labute approximate surface area is 86.7 Å². The molecule has 0 spiro atoms. The number of amides is 2. The fourth-order valence-electron chi connectivity index (χ4n) is 0.793. The molecule has 0 radical (unpaired) electrons. The standard InChI is InChI=1S/C9H14BrNO2/c1-3-4-5-6-8(12)11-9(13)7(2)10/h2-6H2,1H3,(H,11,12,13). The molecular weight excluding hydrogens is 234 g/mol. The molecule has 0 aliphatic rings. The molecule has 13 heavy (non-hydrogen) atoms. The van der Waals surface area contributed by atoms with Crippen LogP contribution in [0.1, 0.15) is 32.6 Å². The first-order valence-corrected chi connectivity index (χ1v) is 5.05. The number of hydrogen-bond donors (Lipinski definition) is 1. The van der Waals surface area contributed by atoms with E-state index >= 15 is 0 Å². The van der Waals surface area contributed by atoms with Gasteiger partial charge >= 0.3 is 0 Å². The van der Waals surface area contributed by atoms with Crippen molar-refractivity contribution in [2.45, 2.75) is 32.6 Å². The third-order valence-electron chi connectivity index (χ3n) is 1.51. The maximum absolute atomic E-state index is 11.0. The lowest BCUT2D eigenvalue weighted by atomic mass is 10.2. The highest BCUT2D eigenvalue weighted by atomic mass is 79.9. The van der Waals surface area contributed by atoms with Gasteiger partial charge in [0.2, 0.25) is 5.91 Å². The Balaban J connectivity index is 3.62. The largest absolute Gasteiger partial charge is 0.292 e. The maximum atomic E-state index is 11.0. The normalized spacial score (nSPS) is 9.38. The first-order valence-electron chi connectivity index (χ1n) is 4.26. The van der Waals surface area contributed by atoms with Gasteiger partial charge in [-0.25, -0.2) is 0 Å². The summed E-state index contributed by atoms with van der Waals surface area (Å²) in [5, 5.41) is 2.21. The van der Waals surface area contributed by atoms with Crippen molar-refractivity contribution in [3.8, 4) is 0 Å². The van der Waals surface area contributed by atoms with Gasteiger partial charge in [-0.3, -0.25) is 14.9 Å². The predicted molar refractivity (Wildman–Crippen MR) is 55.4 cm³/mol. The minimum Gasteiger partial charge on any atom is -0.292 e. The highest BCUT2D eigenvalue weighted by Gasteiger charge is 2.07. The van der Waals surface area contributed by atoms with E-state index in [9.17, 15) is 9.59 Å². The third kappa shape index (κ3) is 6.51. The van der Waals surface area contributed by atoms with Crippen LogP contribution >= 0.6 is 15.9 Å². The van der Waals surface area contributed by atoms with Gasteiger partial charge in [-0.05, 0) is 22.4 Å². The van der Waals surface area contributed by atoms with Crippen molar-refractivity contribution in [2.75, 3.05) is 0 Å². The second-order valence-corrected chi connectivity index (χ2v) is 3.70. The number of carbonyl (C=O) groups is 2. The molecule has 3 nitrogen and oxygen atoms in total. The van der Waals surface area contributed by atoms with Crippen molar-refractivity contribution in [2.24, 2.45) is 0 Å². The van der Waals surface area contributed by atoms with Gasteiger partial charge in [0.1, 0.15) is 0 Å². The molecule has 0 aromatic carbocycles. The molecule has 4 heteroatoms. The minimum atomic E-state index is -0.457. The molecule has 0 aliphatic heterocycles. The number of hydrogen-bond acceptors (Lipinski definition) is 2. The van der Waals surface area contributed by atoms with Crippen molar-refractivity contribution in [3.63, 3.8) is 0 Å². The lowest BCUT2D eigenvalue weighted by Crippen LogP contribution is -2.29. The van der Waals surface area contributed by atoms with Gasteiger partial charge in [0.15, 0.2) is 0 Å². The lowest BCUT2D eigenvalue weighted by molar-refractivity contribution is -0.128. The summed E-state index contributed by atoms with van der Waals surface area (Å²) in [6.45, 7) is 5.42. The third-order valence-corrected chi connectivity index (χ3v) is 1.87. The van der Waals surface area contributed by atoms with Gasteiger partial charge < -0.3 is 0 Å². The predicted octanol–water partition coefficient (Wildman–Crippen LogP) is 2.12. The highest BCUT2D eigenvalue weighted by molar-refractivity contribution is 9.12. The summed E-state index contributed by atoms with van der Waals surface area (Å²) in [4.78, 5) is 21.9. The molecule has 0 unspecified atom stereocenters. The SMILES string of the molecule is C=C(Br)C(=O)NC(=O)CCCCC. The average molecular weight is 248 g/mol. The Hall–Kier alpha value is -0.640. The zero-order chi connectivity index (χ0) is 10.3. The number of carbonyl (C=O) groups excluding carboxylic acids is 2. The molecule has 0 aromatic heterocycles. The number of unbranched alkanes of at least 4 members (excludes halogenated alkanes) is 2. The molecule has 0 aromatic rings. The fraction of sp³-hybridized carbons (Fsp3) is 0.556. The smallest absolute Gasteiger partial charge is 0.264 e. The summed E-state index contributed by atoms with van der Waals surface area (Å²) in [6.07, 6.45) is 3.30.